The van der Waals surface area contributed by atoms with E-state index in [1.54, 1.807) is 13.8 Å². The summed E-state index contributed by atoms with van der Waals surface area (Å²) in [5, 5.41) is 10.1. The van der Waals surface area contributed by atoms with Crippen LogP contribution in [0.2, 0.25) is 0 Å². The van der Waals surface area contributed by atoms with Crippen molar-refractivity contribution >= 4 is 12.0 Å². The molecule has 0 amide bonds. The minimum absolute atomic E-state index is 0. The van der Waals surface area contributed by atoms with Crippen molar-refractivity contribution < 1.29 is 44.3 Å². The SMILES string of the molecule is CC(C)[C@H](N=C=O)C(=O)[O-].[Na+]. The Morgan fingerprint density at radius 2 is 2.00 bits per heavy atom. The molecular weight excluding hydrogens is 157 g/mol. The molecule has 0 aliphatic carbocycles. The van der Waals surface area contributed by atoms with Crippen molar-refractivity contribution in [2.45, 2.75) is 19.9 Å². The number of nitrogens with zero attached hydrogens (tertiary/aromatic N) is 1. The maximum absolute atomic E-state index is 10.1. The van der Waals surface area contributed by atoms with Crippen molar-refractivity contribution in [3.05, 3.63) is 0 Å². The van der Waals surface area contributed by atoms with Crippen molar-refractivity contribution in [1.29, 1.82) is 0 Å². The zero-order valence-electron chi connectivity index (χ0n) is 6.83. The summed E-state index contributed by atoms with van der Waals surface area (Å²) in [4.78, 5) is 22.8. The maximum atomic E-state index is 10.1. The van der Waals surface area contributed by atoms with Crippen LogP contribution in [0.15, 0.2) is 4.99 Å². The van der Waals surface area contributed by atoms with Gasteiger partial charge in [-0.05, 0) is 5.92 Å². The molecule has 0 radical (unpaired) electrons. The van der Waals surface area contributed by atoms with Gasteiger partial charge in [-0.1, -0.05) is 13.8 Å². The zero-order valence-corrected chi connectivity index (χ0v) is 8.83. The number of rotatable bonds is 3. The van der Waals surface area contributed by atoms with E-state index >= 15 is 0 Å². The van der Waals surface area contributed by atoms with Gasteiger partial charge in [-0.2, -0.15) is 4.99 Å². The predicted octanol–water partition coefficient (Wildman–Crippen LogP) is -3.90. The van der Waals surface area contributed by atoms with E-state index in [4.69, 9.17) is 0 Å². The van der Waals surface area contributed by atoms with Gasteiger partial charge in [0, 0.05) is 0 Å². The first-order valence-electron chi connectivity index (χ1n) is 2.87. The average Bonchev–Trinajstić information content (AvgIpc) is 1.81. The summed E-state index contributed by atoms with van der Waals surface area (Å²) >= 11 is 0. The Morgan fingerprint density at radius 1 is 1.55 bits per heavy atom. The van der Waals surface area contributed by atoms with Gasteiger partial charge in [0.25, 0.3) is 0 Å². The summed E-state index contributed by atoms with van der Waals surface area (Å²) in [5.41, 5.74) is 0. The fourth-order valence-corrected chi connectivity index (χ4v) is 0.531. The number of carboxylic acids is 1. The molecule has 4 nitrogen and oxygen atoms in total. The van der Waals surface area contributed by atoms with Crippen LogP contribution >= 0.6 is 0 Å². The van der Waals surface area contributed by atoms with Crippen LogP contribution < -0.4 is 34.7 Å². The Morgan fingerprint density at radius 3 is 2.09 bits per heavy atom. The van der Waals surface area contributed by atoms with E-state index in [9.17, 15) is 14.7 Å². The van der Waals surface area contributed by atoms with Crippen LogP contribution in [-0.2, 0) is 9.59 Å². The van der Waals surface area contributed by atoms with E-state index in [0.717, 1.165) is 0 Å². The molecule has 0 N–H and O–H groups in total. The van der Waals surface area contributed by atoms with Crippen LogP contribution in [-0.4, -0.2) is 18.1 Å². The molecule has 0 fully saturated rings. The number of hydrogen-bond donors (Lipinski definition) is 0. The second kappa shape index (κ2) is 6.55. The third kappa shape index (κ3) is 5.16. The number of isocyanates is 1. The Labute approximate surface area is 87.0 Å². The van der Waals surface area contributed by atoms with Crippen molar-refractivity contribution in [3.8, 4) is 0 Å². The van der Waals surface area contributed by atoms with Gasteiger partial charge in [-0.3, -0.25) is 0 Å². The summed E-state index contributed by atoms with van der Waals surface area (Å²) < 4.78 is 0. The van der Waals surface area contributed by atoms with Gasteiger partial charge in [0.15, 0.2) is 0 Å². The van der Waals surface area contributed by atoms with Crippen LogP contribution in [0.25, 0.3) is 0 Å². The first kappa shape index (κ1) is 13.4. The fraction of sp³-hybridized carbons (Fsp3) is 0.667. The van der Waals surface area contributed by atoms with Gasteiger partial charge < -0.3 is 9.90 Å². The summed E-state index contributed by atoms with van der Waals surface area (Å²) in [6.07, 6.45) is 1.18. The molecule has 0 rings (SSSR count). The van der Waals surface area contributed by atoms with Crippen molar-refractivity contribution in [3.63, 3.8) is 0 Å². The third-order valence-corrected chi connectivity index (χ3v) is 1.06. The number of carboxylic acid groups (broad SMARTS) is 1. The van der Waals surface area contributed by atoms with Gasteiger partial charge in [0.1, 0.15) is 6.04 Å². The minimum Gasteiger partial charge on any atom is -0.548 e. The molecule has 0 aromatic heterocycles. The topological polar surface area (TPSA) is 69.6 Å². The van der Waals surface area contributed by atoms with Crippen LogP contribution in [0.5, 0.6) is 0 Å². The Balaban J connectivity index is 0. The van der Waals surface area contributed by atoms with E-state index in [1.807, 2.05) is 0 Å². The molecule has 0 aromatic carbocycles. The van der Waals surface area contributed by atoms with Crippen LogP contribution in [0.4, 0.5) is 0 Å². The molecule has 1 atom stereocenters. The van der Waals surface area contributed by atoms with E-state index < -0.39 is 12.0 Å². The molecule has 5 heteroatoms. The quantitative estimate of drug-likeness (QED) is 0.244. The monoisotopic (exact) mass is 165 g/mol. The number of carbonyl (C=O) groups excluding carboxylic acids is 2. The molecule has 0 aliphatic rings. The van der Waals surface area contributed by atoms with Gasteiger partial charge >= 0.3 is 29.6 Å². The molecule has 0 spiro atoms. The van der Waals surface area contributed by atoms with Gasteiger partial charge in [0.2, 0.25) is 6.08 Å². The Hall–Kier alpha value is -0.150. The number of aliphatic carboxylic acids is 1. The standard InChI is InChI=1S/C6H9NO3.Na/c1-4(2)5(6(9)10)7-3-8;/h4-5H,1-2H3,(H,9,10);/q;+1/p-1/t5-;/m0./s1. The van der Waals surface area contributed by atoms with Gasteiger partial charge in [0.05, 0.1) is 5.97 Å². The van der Waals surface area contributed by atoms with Crippen molar-refractivity contribution in [2.75, 3.05) is 0 Å². The number of aliphatic imine (C=N–C) groups is 1. The third-order valence-electron chi connectivity index (χ3n) is 1.06. The van der Waals surface area contributed by atoms with Crippen molar-refractivity contribution in [2.24, 2.45) is 10.9 Å². The number of hydrogen-bond acceptors (Lipinski definition) is 4. The minimum atomic E-state index is -1.33. The molecule has 0 saturated carbocycles. The van der Waals surface area contributed by atoms with E-state index in [-0.39, 0.29) is 35.5 Å². The van der Waals surface area contributed by atoms with Crippen LogP contribution in [0.3, 0.4) is 0 Å². The first-order valence-corrected chi connectivity index (χ1v) is 2.87. The second-order valence-electron chi connectivity index (χ2n) is 2.23. The molecule has 56 valence electrons. The largest absolute Gasteiger partial charge is 1.00 e. The Kier molecular flexibility index (Phi) is 8.01. The molecule has 11 heavy (non-hydrogen) atoms. The van der Waals surface area contributed by atoms with Crippen LogP contribution in [0, 0.1) is 5.92 Å². The summed E-state index contributed by atoms with van der Waals surface area (Å²) in [7, 11) is 0. The molecule has 0 saturated heterocycles. The summed E-state index contributed by atoms with van der Waals surface area (Å²) in [6, 6.07) is -1.06. The predicted molar refractivity (Wildman–Crippen MR) is 31.8 cm³/mol. The molecule has 0 aliphatic heterocycles. The van der Waals surface area contributed by atoms with E-state index in [2.05, 4.69) is 4.99 Å². The van der Waals surface area contributed by atoms with E-state index in [1.165, 1.54) is 6.08 Å². The molecule has 0 unspecified atom stereocenters. The average molecular weight is 165 g/mol. The van der Waals surface area contributed by atoms with Gasteiger partial charge in [-0.15, -0.1) is 0 Å². The molecular formula is C6H8NNaO3. The number of carbonyl (C=O) groups is 1. The molecule has 0 heterocycles. The summed E-state index contributed by atoms with van der Waals surface area (Å²) in [5.74, 6) is -1.56. The summed E-state index contributed by atoms with van der Waals surface area (Å²) in [6.45, 7) is 3.28. The molecule has 0 bridgehead atoms. The van der Waals surface area contributed by atoms with E-state index in [0.29, 0.717) is 0 Å². The second-order valence-corrected chi connectivity index (χ2v) is 2.23. The first-order chi connectivity index (χ1) is 4.59. The van der Waals surface area contributed by atoms with Crippen molar-refractivity contribution in [1.82, 2.24) is 0 Å². The maximum Gasteiger partial charge on any atom is 1.00 e. The normalized spacial score (nSPS) is 11.2. The van der Waals surface area contributed by atoms with Gasteiger partial charge in [-0.25, -0.2) is 4.79 Å². The Bertz CT molecular complexity index is 173. The van der Waals surface area contributed by atoms with Crippen LogP contribution in [0.1, 0.15) is 13.8 Å². The zero-order chi connectivity index (χ0) is 8.15. The smallest absolute Gasteiger partial charge is 0.548 e. The fourth-order valence-electron chi connectivity index (χ4n) is 0.531. The molecule has 0 aromatic rings.